The first kappa shape index (κ1) is 15.4. The monoisotopic (exact) mass is 326 g/mol. The zero-order chi connectivity index (χ0) is 16.4. The summed E-state index contributed by atoms with van der Waals surface area (Å²) in [5.41, 5.74) is 1.67. The van der Waals surface area contributed by atoms with Crippen LogP contribution in [0.2, 0.25) is 0 Å². The van der Waals surface area contributed by atoms with E-state index in [0.717, 1.165) is 56.8 Å². The molecule has 6 nitrogen and oxygen atoms in total. The van der Waals surface area contributed by atoms with Gasteiger partial charge in [0.1, 0.15) is 0 Å². The van der Waals surface area contributed by atoms with E-state index in [1.54, 1.807) is 6.20 Å². The first-order valence-electron chi connectivity index (χ1n) is 8.54. The van der Waals surface area contributed by atoms with Crippen molar-refractivity contribution in [2.24, 2.45) is 0 Å². The van der Waals surface area contributed by atoms with Gasteiger partial charge in [-0.3, -0.25) is 9.69 Å². The van der Waals surface area contributed by atoms with Crippen LogP contribution in [0.15, 0.2) is 41.3 Å². The van der Waals surface area contributed by atoms with Crippen LogP contribution in [0.3, 0.4) is 0 Å². The first-order valence-corrected chi connectivity index (χ1v) is 8.54. The van der Waals surface area contributed by atoms with Crippen LogP contribution in [0, 0.1) is 0 Å². The highest BCUT2D eigenvalue weighted by atomic mass is 16.3. The molecule has 24 heavy (non-hydrogen) atoms. The number of hydrogen-bond acceptors (Lipinski definition) is 5. The maximum absolute atomic E-state index is 12.7. The topological polar surface area (TPSA) is 61.6 Å². The zero-order valence-corrected chi connectivity index (χ0v) is 13.6. The van der Waals surface area contributed by atoms with Crippen LogP contribution >= 0.6 is 0 Å². The van der Waals surface area contributed by atoms with Crippen LogP contribution in [0.5, 0.6) is 0 Å². The number of benzene rings is 1. The van der Waals surface area contributed by atoms with Gasteiger partial charge in [-0.1, -0.05) is 12.1 Å². The predicted octanol–water partition coefficient (Wildman–Crippen LogP) is 1.46. The summed E-state index contributed by atoms with van der Waals surface area (Å²) in [5, 5.41) is 3.38. The number of nitrogens with zero attached hydrogens (tertiary/aromatic N) is 3. The van der Waals surface area contributed by atoms with E-state index in [1.165, 1.54) is 6.39 Å². The van der Waals surface area contributed by atoms with Gasteiger partial charge in [0.15, 0.2) is 12.2 Å². The summed E-state index contributed by atoms with van der Waals surface area (Å²) in [7, 11) is 0. The van der Waals surface area contributed by atoms with Crippen molar-refractivity contribution >= 4 is 5.91 Å². The number of nitrogens with one attached hydrogen (secondary N) is 1. The molecule has 126 valence electrons. The van der Waals surface area contributed by atoms with Gasteiger partial charge >= 0.3 is 0 Å². The summed E-state index contributed by atoms with van der Waals surface area (Å²) >= 11 is 0. The Hall–Kier alpha value is -2.18. The summed E-state index contributed by atoms with van der Waals surface area (Å²) in [6.45, 7) is 5.94. The molecule has 0 saturated carbocycles. The van der Waals surface area contributed by atoms with Gasteiger partial charge in [-0.2, -0.15) is 0 Å². The minimum absolute atomic E-state index is 0.122. The van der Waals surface area contributed by atoms with E-state index in [2.05, 4.69) is 15.2 Å². The van der Waals surface area contributed by atoms with E-state index in [-0.39, 0.29) is 5.91 Å². The molecule has 2 fully saturated rings. The quantitative estimate of drug-likeness (QED) is 0.925. The van der Waals surface area contributed by atoms with E-state index in [4.69, 9.17) is 4.42 Å². The maximum atomic E-state index is 12.7. The number of carbonyl (C=O) groups is 1. The first-order chi connectivity index (χ1) is 11.8. The number of likely N-dealkylation sites (tertiary alicyclic amines) is 1. The average molecular weight is 326 g/mol. The van der Waals surface area contributed by atoms with E-state index >= 15 is 0 Å². The van der Waals surface area contributed by atoms with Crippen molar-refractivity contribution in [2.45, 2.75) is 12.5 Å². The summed E-state index contributed by atoms with van der Waals surface area (Å²) in [6, 6.07) is 8.08. The zero-order valence-electron chi connectivity index (χ0n) is 13.6. The highest BCUT2D eigenvalue weighted by Gasteiger charge is 2.31. The van der Waals surface area contributed by atoms with Gasteiger partial charge in [0.2, 0.25) is 0 Å². The molecule has 3 heterocycles. The largest absolute Gasteiger partial charge is 0.444 e. The molecule has 1 atom stereocenters. The van der Waals surface area contributed by atoms with Crippen LogP contribution in [0.1, 0.15) is 16.8 Å². The molecule has 2 aliphatic rings. The summed E-state index contributed by atoms with van der Waals surface area (Å²) < 4.78 is 5.28. The molecule has 1 unspecified atom stereocenters. The lowest BCUT2D eigenvalue weighted by atomic mass is 10.1. The van der Waals surface area contributed by atoms with Crippen LogP contribution in [0.25, 0.3) is 11.3 Å². The van der Waals surface area contributed by atoms with Gasteiger partial charge in [0.25, 0.3) is 5.91 Å². The maximum Gasteiger partial charge on any atom is 0.253 e. The average Bonchev–Trinajstić information content (AvgIpc) is 3.34. The van der Waals surface area contributed by atoms with Gasteiger partial charge in [-0.15, -0.1) is 0 Å². The summed E-state index contributed by atoms with van der Waals surface area (Å²) in [5.74, 6) is 0.839. The highest BCUT2D eigenvalue weighted by molar-refractivity contribution is 5.94. The predicted molar refractivity (Wildman–Crippen MR) is 90.7 cm³/mol. The second-order valence-corrected chi connectivity index (χ2v) is 6.42. The number of amides is 1. The van der Waals surface area contributed by atoms with Gasteiger partial charge in [0, 0.05) is 56.4 Å². The number of piperazine rings is 1. The molecular weight excluding hydrogens is 304 g/mol. The van der Waals surface area contributed by atoms with Crippen molar-refractivity contribution < 1.29 is 9.21 Å². The molecule has 6 heteroatoms. The lowest BCUT2D eigenvalue weighted by Gasteiger charge is -2.32. The third-order valence-electron chi connectivity index (χ3n) is 4.97. The fraction of sp³-hybridized carbons (Fsp3) is 0.444. The molecule has 0 radical (unpaired) electrons. The van der Waals surface area contributed by atoms with Gasteiger partial charge in [0.05, 0.1) is 6.20 Å². The van der Waals surface area contributed by atoms with Crippen LogP contribution in [0.4, 0.5) is 0 Å². The number of aromatic nitrogens is 1. The lowest BCUT2D eigenvalue weighted by Crippen LogP contribution is -2.49. The van der Waals surface area contributed by atoms with Crippen molar-refractivity contribution in [1.29, 1.82) is 0 Å². The van der Waals surface area contributed by atoms with Crippen LogP contribution in [-0.2, 0) is 0 Å². The Bertz CT molecular complexity index is 678. The Balaban J connectivity index is 1.40. The molecule has 0 bridgehead atoms. The van der Waals surface area contributed by atoms with Crippen LogP contribution in [-0.4, -0.2) is 66.0 Å². The summed E-state index contributed by atoms with van der Waals surface area (Å²) in [4.78, 5) is 21.1. The molecule has 0 aliphatic carbocycles. The highest BCUT2D eigenvalue weighted by Crippen LogP contribution is 2.22. The van der Waals surface area contributed by atoms with Crippen molar-refractivity contribution in [2.75, 3.05) is 39.3 Å². The van der Waals surface area contributed by atoms with E-state index in [0.29, 0.717) is 11.8 Å². The SMILES string of the molecule is O=C(c1ccc(-c2cnco2)cc1)N1CCC(N2CCNCC2)C1. The van der Waals surface area contributed by atoms with Crippen molar-refractivity contribution in [1.82, 2.24) is 20.1 Å². The summed E-state index contributed by atoms with van der Waals surface area (Å²) in [6.07, 6.45) is 4.16. The van der Waals surface area contributed by atoms with Gasteiger partial charge in [-0.25, -0.2) is 4.98 Å². The molecule has 0 spiro atoms. The number of oxazole rings is 1. The Labute approximate surface area is 141 Å². The van der Waals surface area contributed by atoms with Gasteiger partial charge < -0.3 is 14.6 Å². The second kappa shape index (κ2) is 6.75. The van der Waals surface area contributed by atoms with Crippen LogP contribution < -0.4 is 5.32 Å². The lowest BCUT2D eigenvalue weighted by molar-refractivity contribution is 0.0773. The molecule has 1 aromatic carbocycles. The molecule has 1 amide bonds. The molecule has 2 saturated heterocycles. The van der Waals surface area contributed by atoms with Crippen molar-refractivity contribution in [3.8, 4) is 11.3 Å². The molecule has 1 N–H and O–H groups in total. The third-order valence-corrected chi connectivity index (χ3v) is 4.97. The number of carbonyl (C=O) groups excluding carboxylic acids is 1. The molecular formula is C18H22N4O2. The Morgan fingerprint density at radius 3 is 2.67 bits per heavy atom. The minimum atomic E-state index is 0.122. The Kier molecular flexibility index (Phi) is 4.32. The van der Waals surface area contributed by atoms with Gasteiger partial charge in [-0.05, 0) is 18.6 Å². The Morgan fingerprint density at radius 1 is 1.17 bits per heavy atom. The van der Waals surface area contributed by atoms with E-state index in [1.807, 2.05) is 29.2 Å². The second-order valence-electron chi connectivity index (χ2n) is 6.42. The van der Waals surface area contributed by atoms with E-state index < -0.39 is 0 Å². The molecule has 2 aromatic rings. The van der Waals surface area contributed by atoms with E-state index in [9.17, 15) is 4.79 Å². The fourth-order valence-corrected chi connectivity index (χ4v) is 3.59. The normalized spacial score (nSPS) is 22.0. The molecule has 1 aromatic heterocycles. The molecule has 2 aliphatic heterocycles. The van der Waals surface area contributed by atoms with Crippen molar-refractivity contribution in [3.05, 3.63) is 42.4 Å². The number of rotatable bonds is 3. The third kappa shape index (κ3) is 3.07. The number of hydrogen-bond donors (Lipinski definition) is 1. The standard InChI is InChI=1S/C18H22N4O2/c23-18(15-3-1-14(2-4-15)17-11-20-13-24-17)22-8-5-16(12-22)21-9-6-19-7-10-21/h1-4,11,13,16,19H,5-10,12H2. The fourth-order valence-electron chi connectivity index (χ4n) is 3.59. The Morgan fingerprint density at radius 2 is 1.96 bits per heavy atom. The smallest absolute Gasteiger partial charge is 0.253 e. The molecule has 4 rings (SSSR count). The van der Waals surface area contributed by atoms with Crippen molar-refractivity contribution in [3.63, 3.8) is 0 Å². The minimum Gasteiger partial charge on any atom is -0.444 e.